The lowest BCUT2D eigenvalue weighted by molar-refractivity contribution is -0.274. The van der Waals surface area contributed by atoms with Crippen molar-refractivity contribution >= 4 is 33.0 Å². The number of hydrogen-bond acceptors (Lipinski definition) is 8. The van der Waals surface area contributed by atoms with Gasteiger partial charge in [0.2, 0.25) is 5.82 Å². The molecule has 0 spiro atoms. The molecule has 194 valence electrons. The van der Waals surface area contributed by atoms with Crippen molar-refractivity contribution in [3.63, 3.8) is 0 Å². The number of nitrogens with zero attached hydrogens (tertiary/aromatic N) is 2. The summed E-state index contributed by atoms with van der Waals surface area (Å²) in [7, 11) is 0. The topological polar surface area (TPSA) is 129 Å². The molecule has 1 fully saturated rings. The molecule has 1 aliphatic heterocycles. The van der Waals surface area contributed by atoms with E-state index in [1.54, 1.807) is 26.0 Å². The van der Waals surface area contributed by atoms with E-state index in [2.05, 4.69) is 31.4 Å². The number of amides is 1. The Kier molecular flexibility index (Phi) is 6.69. The first-order valence-corrected chi connectivity index (χ1v) is 12.6. The molecule has 0 radical (unpaired) electrons. The van der Waals surface area contributed by atoms with Gasteiger partial charge in [-0.25, -0.2) is 4.79 Å². The number of rotatable bonds is 7. The number of ether oxygens (including phenoxy) is 3. The second kappa shape index (κ2) is 9.81. The maximum absolute atomic E-state index is 11.6. The Balaban J connectivity index is 1.42. The van der Waals surface area contributed by atoms with E-state index in [1.807, 2.05) is 37.3 Å². The molecule has 37 heavy (non-hydrogen) atoms. The summed E-state index contributed by atoms with van der Waals surface area (Å²) in [6.45, 7) is 6.35. The highest BCUT2D eigenvalue weighted by molar-refractivity contribution is 9.10. The van der Waals surface area contributed by atoms with Crippen LogP contribution in [0.3, 0.4) is 0 Å². The highest BCUT2D eigenvalue weighted by Gasteiger charge is 2.45. The predicted octanol–water partition coefficient (Wildman–Crippen LogP) is 5.95. The quantitative estimate of drug-likeness (QED) is 0.276. The Morgan fingerprint density at radius 1 is 1.14 bits per heavy atom. The van der Waals surface area contributed by atoms with Crippen LogP contribution >= 0.6 is 15.9 Å². The molecule has 0 atom stereocenters. The Bertz CT molecular complexity index is 1440. The van der Waals surface area contributed by atoms with E-state index in [0.717, 1.165) is 27.6 Å². The van der Waals surface area contributed by atoms with Crippen LogP contribution in [0.2, 0.25) is 0 Å². The van der Waals surface area contributed by atoms with E-state index in [0.29, 0.717) is 35.2 Å². The Labute approximate surface area is 221 Å². The Morgan fingerprint density at radius 3 is 2.59 bits per heavy atom. The zero-order valence-corrected chi connectivity index (χ0v) is 22.1. The Hall–Kier alpha value is -3.41. The molecule has 0 unspecified atom stereocenters. The lowest BCUT2D eigenvalue weighted by Crippen LogP contribution is -2.58. The highest BCUT2D eigenvalue weighted by Crippen LogP contribution is 2.36. The largest absolute Gasteiger partial charge is 0.492 e. The highest BCUT2D eigenvalue weighted by atomic mass is 79.9. The summed E-state index contributed by atoms with van der Waals surface area (Å²) in [5.41, 5.74) is 0.864. The molecule has 0 saturated carbocycles. The van der Waals surface area contributed by atoms with Crippen LogP contribution in [-0.4, -0.2) is 46.9 Å². The van der Waals surface area contributed by atoms with Crippen molar-refractivity contribution in [3.05, 3.63) is 52.7 Å². The van der Waals surface area contributed by atoms with Gasteiger partial charge in [-0.2, -0.15) is 4.98 Å². The van der Waals surface area contributed by atoms with Crippen molar-refractivity contribution in [1.82, 2.24) is 15.5 Å². The molecular weight excluding hydrogens is 546 g/mol. The fraction of sp³-hybridized carbons (Fsp3) is 0.346. The van der Waals surface area contributed by atoms with Crippen molar-refractivity contribution < 1.29 is 33.1 Å². The molecule has 1 aliphatic rings. The molecule has 2 N–H and O–H groups in total. The van der Waals surface area contributed by atoms with Crippen LogP contribution < -0.4 is 10.1 Å². The summed E-state index contributed by atoms with van der Waals surface area (Å²) in [4.78, 5) is 16.1. The summed E-state index contributed by atoms with van der Waals surface area (Å²) >= 11 is 3.53. The van der Waals surface area contributed by atoms with Crippen molar-refractivity contribution in [1.29, 1.82) is 0 Å². The van der Waals surface area contributed by atoms with Crippen LogP contribution in [0.5, 0.6) is 5.75 Å². The smallest absolute Gasteiger partial charge is 0.405 e. The normalized spacial score (nSPS) is 16.5. The monoisotopic (exact) mass is 571 g/mol. The fourth-order valence-electron chi connectivity index (χ4n) is 4.00. The van der Waals surface area contributed by atoms with Gasteiger partial charge < -0.3 is 33.6 Å². The molecule has 0 bridgehead atoms. The first-order chi connectivity index (χ1) is 17.7. The minimum Gasteiger partial charge on any atom is -0.492 e. The lowest BCUT2D eigenvalue weighted by atomic mass is 9.96. The predicted molar refractivity (Wildman–Crippen MR) is 137 cm³/mol. The molecule has 11 heteroatoms. The molecule has 1 saturated heterocycles. The van der Waals surface area contributed by atoms with E-state index in [-0.39, 0.29) is 13.2 Å². The second-order valence-electron chi connectivity index (χ2n) is 9.27. The third-order valence-corrected chi connectivity index (χ3v) is 6.61. The first-order valence-electron chi connectivity index (χ1n) is 11.8. The van der Waals surface area contributed by atoms with Crippen molar-refractivity contribution in [2.45, 2.75) is 38.5 Å². The van der Waals surface area contributed by atoms with Crippen molar-refractivity contribution in [2.75, 3.05) is 19.8 Å². The van der Waals surface area contributed by atoms with Gasteiger partial charge in [0, 0.05) is 16.5 Å². The zero-order valence-electron chi connectivity index (χ0n) is 20.5. The van der Waals surface area contributed by atoms with E-state index >= 15 is 0 Å². The second-order valence-corrected chi connectivity index (χ2v) is 10.1. The number of aromatic nitrogens is 2. The van der Waals surface area contributed by atoms with Crippen LogP contribution in [0, 0.1) is 0 Å². The summed E-state index contributed by atoms with van der Waals surface area (Å²) in [6, 6.07) is 12.8. The molecule has 4 aromatic rings. The summed E-state index contributed by atoms with van der Waals surface area (Å²) in [5.74, 6) is 1.10. The molecule has 1 amide bonds. The van der Waals surface area contributed by atoms with Crippen LogP contribution in [0.15, 0.2) is 55.9 Å². The van der Waals surface area contributed by atoms with Gasteiger partial charge in [0.25, 0.3) is 5.89 Å². The number of nitrogens with one attached hydrogen (secondary N) is 1. The number of furan rings is 1. The van der Waals surface area contributed by atoms with Crippen LogP contribution in [0.4, 0.5) is 4.79 Å². The van der Waals surface area contributed by atoms with Gasteiger partial charge in [-0.3, -0.25) is 0 Å². The molecular formula is C26H26BrN3O7. The van der Waals surface area contributed by atoms with Gasteiger partial charge in [0.15, 0.2) is 5.79 Å². The summed E-state index contributed by atoms with van der Waals surface area (Å²) in [6.07, 6.45) is -0.287. The molecule has 5 rings (SSSR count). The molecule has 10 nitrogen and oxygen atoms in total. The maximum Gasteiger partial charge on any atom is 0.405 e. The van der Waals surface area contributed by atoms with Crippen molar-refractivity contribution in [3.8, 4) is 28.6 Å². The van der Waals surface area contributed by atoms with Crippen LogP contribution in [0.25, 0.3) is 33.8 Å². The minimum atomic E-state index is -1.20. The molecule has 0 aliphatic carbocycles. The first kappa shape index (κ1) is 25.2. The van der Waals surface area contributed by atoms with Crippen LogP contribution in [-0.2, 0) is 15.0 Å². The van der Waals surface area contributed by atoms with Gasteiger partial charge in [0.05, 0.1) is 24.3 Å². The SMILES string of the molecule is CCCOc1ccc(-c2nc(-c3ccc4oc(C5(NC(=O)O)COC(C)(C)OC5)cc4c3)no2)cc1Br. The number of carboxylic acid groups (broad SMARTS) is 1. The maximum atomic E-state index is 11.6. The summed E-state index contributed by atoms with van der Waals surface area (Å²) in [5, 5.41) is 16.9. The molecule has 3 heterocycles. The standard InChI is InChI=1S/C26H26BrN3O7/c1-4-9-33-20-8-6-16(11-18(20)27)23-28-22(30-37-23)15-5-7-19-17(10-15)12-21(36-19)26(29-24(31)32)13-34-25(2,3)35-14-26/h5-8,10-12,29H,4,9,13-14H2,1-3H3,(H,31,32). The van der Waals surface area contributed by atoms with Crippen LogP contribution in [0.1, 0.15) is 33.0 Å². The van der Waals surface area contributed by atoms with Crippen molar-refractivity contribution in [2.24, 2.45) is 0 Å². The fourth-order valence-corrected chi connectivity index (χ4v) is 4.49. The molecule has 2 aromatic carbocycles. The minimum absolute atomic E-state index is 0.0605. The summed E-state index contributed by atoms with van der Waals surface area (Å²) < 4.78 is 29.6. The number of carbonyl (C=O) groups is 1. The molecule has 2 aromatic heterocycles. The number of hydrogen-bond donors (Lipinski definition) is 2. The average Bonchev–Trinajstić information content (AvgIpc) is 3.52. The van der Waals surface area contributed by atoms with Gasteiger partial charge in [-0.05, 0) is 78.7 Å². The van der Waals surface area contributed by atoms with Gasteiger partial charge in [-0.1, -0.05) is 12.1 Å². The lowest BCUT2D eigenvalue weighted by Gasteiger charge is -2.41. The van der Waals surface area contributed by atoms with Gasteiger partial charge in [-0.15, -0.1) is 0 Å². The van der Waals surface area contributed by atoms with E-state index in [9.17, 15) is 9.90 Å². The zero-order chi connectivity index (χ0) is 26.2. The van der Waals surface area contributed by atoms with E-state index in [1.165, 1.54) is 0 Å². The van der Waals surface area contributed by atoms with Gasteiger partial charge in [0.1, 0.15) is 22.6 Å². The average molecular weight is 572 g/mol. The van der Waals surface area contributed by atoms with Gasteiger partial charge >= 0.3 is 6.09 Å². The number of benzene rings is 2. The van der Waals surface area contributed by atoms with E-state index < -0.39 is 17.4 Å². The third kappa shape index (κ3) is 5.20. The Morgan fingerprint density at radius 2 is 1.89 bits per heavy atom. The third-order valence-electron chi connectivity index (χ3n) is 5.99. The number of fused-ring (bicyclic) bond motifs is 1. The van der Waals surface area contributed by atoms with E-state index in [4.69, 9.17) is 23.2 Å². The number of halogens is 1.